The molecule has 20 heavy (non-hydrogen) atoms. The number of carbonyl (C=O) groups is 1. The van der Waals surface area contributed by atoms with Crippen molar-refractivity contribution >= 4 is 5.91 Å². The topological polar surface area (TPSA) is 68.8 Å². The van der Waals surface area contributed by atoms with Gasteiger partial charge in [-0.25, -0.2) is 0 Å². The molecule has 1 aromatic rings. The Hall–Kier alpha value is -1.95. The Bertz CT molecular complexity index is 449. The molecule has 1 amide bonds. The number of likely N-dealkylation sites (N-methyl/N-ethyl adjacent to an activating group) is 1. The number of ether oxygens (including phenoxy) is 3. The van der Waals surface area contributed by atoms with Crippen molar-refractivity contribution in [3.63, 3.8) is 0 Å². The summed E-state index contributed by atoms with van der Waals surface area (Å²) in [6.45, 7) is 4.15. The zero-order chi connectivity index (χ0) is 15.0. The van der Waals surface area contributed by atoms with Crippen molar-refractivity contribution in [2.24, 2.45) is 0 Å². The highest BCUT2D eigenvalue weighted by atomic mass is 16.5. The van der Waals surface area contributed by atoms with Crippen molar-refractivity contribution in [2.45, 2.75) is 6.92 Å². The summed E-state index contributed by atoms with van der Waals surface area (Å²) >= 11 is 0. The van der Waals surface area contributed by atoms with Crippen molar-refractivity contribution < 1.29 is 19.0 Å². The second kappa shape index (κ2) is 8.27. The minimum absolute atomic E-state index is 0.208. The first-order valence-corrected chi connectivity index (χ1v) is 6.47. The van der Waals surface area contributed by atoms with E-state index in [1.165, 1.54) is 21.3 Å². The Morgan fingerprint density at radius 2 is 1.75 bits per heavy atom. The zero-order valence-corrected chi connectivity index (χ0v) is 12.4. The lowest BCUT2D eigenvalue weighted by atomic mass is 10.1. The van der Waals surface area contributed by atoms with E-state index in [0.29, 0.717) is 29.4 Å². The van der Waals surface area contributed by atoms with E-state index in [1.807, 2.05) is 6.92 Å². The number of hydrogen-bond acceptors (Lipinski definition) is 5. The lowest BCUT2D eigenvalue weighted by Crippen LogP contribution is -2.32. The minimum atomic E-state index is -0.208. The molecule has 6 heteroatoms. The Morgan fingerprint density at radius 1 is 1.05 bits per heavy atom. The number of hydrogen-bond donors (Lipinski definition) is 2. The van der Waals surface area contributed by atoms with E-state index in [1.54, 1.807) is 12.1 Å². The molecular weight excluding hydrogens is 260 g/mol. The Labute approximate surface area is 119 Å². The Morgan fingerprint density at radius 3 is 2.30 bits per heavy atom. The zero-order valence-electron chi connectivity index (χ0n) is 12.4. The fourth-order valence-corrected chi connectivity index (χ4v) is 1.82. The molecule has 0 bridgehead atoms. The van der Waals surface area contributed by atoms with E-state index in [0.717, 1.165) is 13.1 Å². The Kier molecular flexibility index (Phi) is 6.66. The van der Waals surface area contributed by atoms with Crippen molar-refractivity contribution in [2.75, 3.05) is 41.0 Å². The van der Waals surface area contributed by atoms with Gasteiger partial charge in [0.2, 0.25) is 5.75 Å². The molecule has 1 aromatic carbocycles. The van der Waals surface area contributed by atoms with Crippen LogP contribution in [0.3, 0.4) is 0 Å². The van der Waals surface area contributed by atoms with Gasteiger partial charge in [-0.15, -0.1) is 0 Å². The van der Waals surface area contributed by atoms with Crippen LogP contribution >= 0.6 is 0 Å². The predicted molar refractivity (Wildman–Crippen MR) is 77.0 cm³/mol. The van der Waals surface area contributed by atoms with Crippen LogP contribution in [0.15, 0.2) is 12.1 Å². The monoisotopic (exact) mass is 282 g/mol. The summed E-state index contributed by atoms with van der Waals surface area (Å²) in [6.07, 6.45) is 0. The average Bonchev–Trinajstić information content (AvgIpc) is 2.49. The average molecular weight is 282 g/mol. The lowest BCUT2D eigenvalue weighted by Gasteiger charge is -2.15. The molecule has 0 atom stereocenters. The van der Waals surface area contributed by atoms with Gasteiger partial charge >= 0.3 is 0 Å². The highest BCUT2D eigenvalue weighted by Crippen LogP contribution is 2.39. The van der Waals surface area contributed by atoms with Gasteiger partial charge in [0.25, 0.3) is 5.91 Å². The van der Waals surface area contributed by atoms with Crippen LogP contribution in [0.25, 0.3) is 0 Å². The van der Waals surface area contributed by atoms with Crippen molar-refractivity contribution in [1.29, 1.82) is 0 Å². The molecule has 1 rings (SSSR count). The number of amides is 1. The van der Waals surface area contributed by atoms with Crippen LogP contribution in [0.2, 0.25) is 0 Å². The molecule has 0 aliphatic carbocycles. The number of nitrogens with one attached hydrogen (secondary N) is 2. The van der Waals surface area contributed by atoms with Crippen LogP contribution < -0.4 is 24.8 Å². The number of rotatable bonds is 8. The van der Waals surface area contributed by atoms with Crippen LogP contribution in [0.5, 0.6) is 17.2 Å². The van der Waals surface area contributed by atoms with E-state index >= 15 is 0 Å². The SMILES string of the molecule is CCNCCNC(=O)c1ccc(OC)c(OC)c1OC. The van der Waals surface area contributed by atoms with Gasteiger partial charge in [0, 0.05) is 13.1 Å². The van der Waals surface area contributed by atoms with Crippen LogP contribution in [-0.2, 0) is 0 Å². The number of benzene rings is 1. The van der Waals surface area contributed by atoms with E-state index in [2.05, 4.69) is 10.6 Å². The van der Waals surface area contributed by atoms with Gasteiger partial charge < -0.3 is 24.8 Å². The molecule has 0 spiro atoms. The van der Waals surface area contributed by atoms with E-state index in [-0.39, 0.29) is 5.91 Å². The molecule has 112 valence electrons. The Balaban J connectivity index is 2.91. The molecule has 0 saturated carbocycles. The summed E-state index contributed by atoms with van der Waals surface area (Å²) in [7, 11) is 4.54. The minimum Gasteiger partial charge on any atom is -0.493 e. The smallest absolute Gasteiger partial charge is 0.255 e. The first-order valence-electron chi connectivity index (χ1n) is 6.47. The van der Waals surface area contributed by atoms with Gasteiger partial charge in [0.15, 0.2) is 11.5 Å². The molecule has 0 aliphatic heterocycles. The summed E-state index contributed by atoms with van der Waals surface area (Å²) < 4.78 is 15.7. The summed E-state index contributed by atoms with van der Waals surface area (Å²) in [5, 5.41) is 5.95. The molecule has 0 radical (unpaired) electrons. The quantitative estimate of drug-likeness (QED) is 0.698. The maximum Gasteiger partial charge on any atom is 0.255 e. The van der Waals surface area contributed by atoms with E-state index in [4.69, 9.17) is 14.2 Å². The van der Waals surface area contributed by atoms with E-state index in [9.17, 15) is 4.79 Å². The maximum atomic E-state index is 12.1. The lowest BCUT2D eigenvalue weighted by molar-refractivity contribution is 0.0950. The van der Waals surface area contributed by atoms with E-state index < -0.39 is 0 Å². The highest BCUT2D eigenvalue weighted by Gasteiger charge is 2.20. The fourth-order valence-electron chi connectivity index (χ4n) is 1.82. The molecule has 6 nitrogen and oxygen atoms in total. The molecule has 0 fully saturated rings. The summed E-state index contributed by atoms with van der Waals surface area (Å²) in [6, 6.07) is 3.34. The van der Waals surface area contributed by atoms with Crippen LogP contribution in [-0.4, -0.2) is 46.9 Å². The maximum absolute atomic E-state index is 12.1. The normalized spacial score (nSPS) is 10.0. The first kappa shape index (κ1) is 16.1. The summed E-state index contributed by atoms with van der Waals surface area (Å²) in [5.74, 6) is 1.09. The van der Waals surface area contributed by atoms with Gasteiger partial charge in [-0.1, -0.05) is 6.92 Å². The van der Waals surface area contributed by atoms with Crippen molar-refractivity contribution in [1.82, 2.24) is 10.6 Å². The molecular formula is C14H22N2O4. The van der Waals surface area contributed by atoms with Gasteiger partial charge in [0.05, 0.1) is 26.9 Å². The number of carbonyl (C=O) groups excluding carboxylic acids is 1. The van der Waals surface area contributed by atoms with Gasteiger partial charge in [-0.2, -0.15) is 0 Å². The predicted octanol–water partition coefficient (Wildman–Crippen LogP) is 1.05. The van der Waals surface area contributed by atoms with Crippen LogP contribution in [0, 0.1) is 0 Å². The summed E-state index contributed by atoms with van der Waals surface area (Å²) in [4.78, 5) is 12.1. The third kappa shape index (κ3) is 3.77. The van der Waals surface area contributed by atoms with Gasteiger partial charge in [-0.3, -0.25) is 4.79 Å². The second-order valence-electron chi connectivity index (χ2n) is 3.99. The highest BCUT2D eigenvalue weighted by molar-refractivity contribution is 5.98. The standard InChI is InChI=1S/C14H22N2O4/c1-5-15-8-9-16-14(17)10-6-7-11(18-2)13(20-4)12(10)19-3/h6-7,15H,5,8-9H2,1-4H3,(H,16,17). The first-order chi connectivity index (χ1) is 9.69. The number of methoxy groups -OCH3 is 3. The fraction of sp³-hybridized carbons (Fsp3) is 0.500. The third-order valence-corrected chi connectivity index (χ3v) is 2.79. The van der Waals surface area contributed by atoms with Gasteiger partial charge in [0.1, 0.15) is 0 Å². The molecule has 0 heterocycles. The third-order valence-electron chi connectivity index (χ3n) is 2.79. The second-order valence-corrected chi connectivity index (χ2v) is 3.99. The largest absolute Gasteiger partial charge is 0.493 e. The van der Waals surface area contributed by atoms with Crippen molar-refractivity contribution in [3.05, 3.63) is 17.7 Å². The molecule has 2 N–H and O–H groups in total. The molecule has 0 unspecified atom stereocenters. The molecule has 0 aromatic heterocycles. The van der Waals surface area contributed by atoms with Gasteiger partial charge in [-0.05, 0) is 18.7 Å². The van der Waals surface area contributed by atoms with Crippen LogP contribution in [0.4, 0.5) is 0 Å². The van der Waals surface area contributed by atoms with Crippen molar-refractivity contribution in [3.8, 4) is 17.2 Å². The molecule has 0 saturated heterocycles. The summed E-state index contributed by atoms with van der Waals surface area (Å²) in [5.41, 5.74) is 0.418. The van der Waals surface area contributed by atoms with Crippen LogP contribution in [0.1, 0.15) is 17.3 Å². The molecule has 0 aliphatic rings.